The van der Waals surface area contributed by atoms with E-state index in [9.17, 15) is 33.0 Å². The van der Waals surface area contributed by atoms with E-state index in [1.807, 2.05) is 0 Å². The van der Waals surface area contributed by atoms with Crippen LogP contribution in [0, 0.1) is 0 Å². The third-order valence-electron chi connectivity index (χ3n) is 4.21. The predicted molar refractivity (Wildman–Crippen MR) is 112 cm³/mol. The molecule has 0 aromatic heterocycles. The van der Waals surface area contributed by atoms with Crippen LogP contribution in [0.15, 0.2) is 11.0 Å². The van der Waals surface area contributed by atoms with Gasteiger partial charge >= 0.3 is 35.8 Å². The summed E-state index contributed by atoms with van der Waals surface area (Å²) in [5.41, 5.74) is -1.79. The molecule has 0 aromatic rings. The number of esters is 6. The molecule has 0 N–H and O–H groups in total. The Hall–Kier alpha value is -3.33. The fourth-order valence-corrected chi connectivity index (χ4v) is 4.36. The molecule has 0 aromatic carbocycles. The molecular formula is C20H26O14S. The molecule has 0 aliphatic carbocycles. The van der Waals surface area contributed by atoms with Gasteiger partial charge in [0.15, 0.2) is 23.7 Å². The summed E-state index contributed by atoms with van der Waals surface area (Å²) in [7, 11) is -0.666. The zero-order valence-electron chi connectivity index (χ0n) is 19.8. The molecule has 1 saturated heterocycles. The highest BCUT2D eigenvalue weighted by Crippen LogP contribution is 2.32. The Morgan fingerprint density at radius 1 is 0.771 bits per heavy atom. The first-order valence-corrected chi connectivity index (χ1v) is 11.1. The number of carbonyl (C=O) groups excluding carboxylic acids is 6. The molecule has 35 heavy (non-hydrogen) atoms. The van der Waals surface area contributed by atoms with E-state index in [0.29, 0.717) is 6.08 Å². The van der Waals surface area contributed by atoms with E-state index in [2.05, 4.69) is 9.47 Å². The summed E-state index contributed by atoms with van der Waals surface area (Å²) in [6.45, 7) is 3.54. The van der Waals surface area contributed by atoms with Crippen molar-refractivity contribution in [1.82, 2.24) is 0 Å². The number of rotatable bonds is 9. The van der Waals surface area contributed by atoms with Crippen LogP contribution < -0.4 is 0 Å². The van der Waals surface area contributed by atoms with Gasteiger partial charge in [0.1, 0.15) is 17.6 Å². The zero-order chi connectivity index (χ0) is 26.9. The van der Waals surface area contributed by atoms with E-state index < -0.39 is 88.0 Å². The summed E-state index contributed by atoms with van der Waals surface area (Å²) in [4.78, 5) is 70.1. The zero-order valence-corrected chi connectivity index (χ0v) is 20.6. The Bertz CT molecular complexity index is 909. The van der Waals surface area contributed by atoms with Crippen LogP contribution in [-0.4, -0.2) is 90.7 Å². The van der Waals surface area contributed by atoms with Crippen molar-refractivity contribution in [1.29, 1.82) is 0 Å². The fourth-order valence-electron chi connectivity index (χ4n) is 2.95. The Labute approximate surface area is 202 Å². The first-order chi connectivity index (χ1) is 16.3. The summed E-state index contributed by atoms with van der Waals surface area (Å²) < 4.78 is 48.7. The molecule has 1 aliphatic heterocycles. The van der Waals surface area contributed by atoms with Crippen LogP contribution in [0.2, 0.25) is 0 Å². The van der Waals surface area contributed by atoms with Crippen LogP contribution in [0.3, 0.4) is 0 Å². The summed E-state index contributed by atoms with van der Waals surface area (Å²) in [5.74, 6) is -5.72. The predicted octanol–water partition coefficient (Wildman–Crippen LogP) is -0.952. The Kier molecular flexibility index (Phi) is 11.5. The largest absolute Gasteiger partial charge is 0.466 e. The van der Waals surface area contributed by atoms with Crippen molar-refractivity contribution in [2.75, 3.05) is 20.8 Å². The number of ether oxygens (including phenoxy) is 7. The maximum Gasteiger partial charge on any atom is 0.347 e. The molecule has 0 spiro atoms. The van der Waals surface area contributed by atoms with Crippen molar-refractivity contribution in [3.8, 4) is 0 Å². The molecule has 196 valence electrons. The summed E-state index contributed by atoms with van der Waals surface area (Å²) in [6, 6.07) is 0. The molecule has 0 unspecified atom stereocenters. The molecule has 0 saturated carbocycles. The third kappa shape index (κ3) is 8.75. The van der Waals surface area contributed by atoms with Crippen LogP contribution in [0.4, 0.5) is 0 Å². The number of hydrogen-bond donors (Lipinski definition) is 0. The third-order valence-corrected chi connectivity index (χ3v) is 5.73. The molecule has 14 nitrogen and oxygen atoms in total. The molecule has 0 amide bonds. The van der Waals surface area contributed by atoms with Gasteiger partial charge in [0, 0.05) is 33.8 Å². The normalized spacial score (nSPS) is 24.9. The lowest BCUT2D eigenvalue weighted by molar-refractivity contribution is -0.238. The summed E-state index contributed by atoms with van der Waals surface area (Å²) in [6.07, 6.45) is -5.62. The van der Waals surface area contributed by atoms with Crippen molar-refractivity contribution < 1.29 is 66.1 Å². The van der Waals surface area contributed by atoms with E-state index in [1.165, 1.54) is 0 Å². The molecule has 1 heterocycles. The average Bonchev–Trinajstić information content (AvgIpc) is 2.76. The van der Waals surface area contributed by atoms with Gasteiger partial charge in [0.05, 0.1) is 25.0 Å². The van der Waals surface area contributed by atoms with Gasteiger partial charge < -0.3 is 33.2 Å². The van der Waals surface area contributed by atoms with Gasteiger partial charge in [-0.05, 0) is 0 Å². The van der Waals surface area contributed by atoms with E-state index in [-0.39, 0.29) is 0 Å². The van der Waals surface area contributed by atoms with Gasteiger partial charge in [-0.1, -0.05) is 0 Å². The van der Waals surface area contributed by atoms with Crippen molar-refractivity contribution in [3.63, 3.8) is 0 Å². The molecule has 0 bridgehead atoms. The standard InChI is InChI=1S/C20H26O14S/c1-9(21)30-8-13-16(31-10(2)22)17(32-11(3)23)18(33-12(4)24)20(34-13)35(27)14(19(26)29-6)7-15(25)28-5/h7,13,16-18,20H,8H2,1-6H3/b14-7+/t13-,16-,17+,18-,20-,35-/m1/s1. The quantitative estimate of drug-likeness (QED) is 0.205. The van der Waals surface area contributed by atoms with Crippen LogP contribution in [0.5, 0.6) is 0 Å². The van der Waals surface area contributed by atoms with Crippen molar-refractivity contribution in [3.05, 3.63) is 11.0 Å². The minimum atomic E-state index is -2.63. The van der Waals surface area contributed by atoms with Gasteiger partial charge in [0.2, 0.25) is 0 Å². The van der Waals surface area contributed by atoms with Crippen LogP contribution in [0.1, 0.15) is 27.7 Å². The lowest BCUT2D eigenvalue weighted by atomic mass is 9.99. The van der Waals surface area contributed by atoms with Gasteiger partial charge in [-0.15, -0.1) is 0 Å². The highest BCUT2D eigenvalue weighted by Gasteiger charge is 2.55. The van der Waals surface area contributed by atoms with Crippen LogP contribution in [-0.2, 0) is 72.7 Å². The monoisotopic (exact) mass is 522 g/mol. The number of hydrogen-bond acceptors (Lipinski definition) is 14. The van der Waals surface area contributed by atoms with Crippen molar-refractivity contribution in [2.24, 2.45) is 0 Å². The first-order valence-electron chi connectivity index (χ1n) is 9.91. The Balaban J connectivity index is 3.67. The second-order valence-electron chi connectivity index (χ2n) is 6.89. The van der Waals surface area contributed by atoms with Crippen molar-refractivity contribution in [2.45, 2.75) is 57.5 Å². The smallest absolute Gasteiger partial charge is 0.347 e. The topological polar surface area (TPSA) is 184 Å². The second-order valence-corrected chi connectivity index (χ2v) is 8.39. The molecular weight excluding hydrogens is 496 g/mol. The van der Waals surface area contributed by atoms with Crippen LogP contribution >= 0.6 is 0 Å². The number of carbonyl (C=O) groups is 6. The van der Waals surface area contributed by atoms with E-state index in [0.717, 1.165) is 41.9 Å². The lowest BCUT2D eigenvalue weighted by Crippen LogP contribution is -2.63. The molecule has 0 radical (unpaired) electrons. The van der Waals surface area contributed by atoms with Gasteiger partial charge in [-0.25, -0.2) is 9.59 Å². The van der Waals surface area contributed by atoms with E-state index in [1.54, 1.807) is 0 Å². The second kappa shape index (κ2) is 13.5. The van der Waals surface area contributed by atoms with Gasteiger partial charge in [-0.3, -0.25) is 23.4 Å². The van der Waals surface area contributed by atoms with E-state index in [4.69, 9.17) is 23.7 Å². The molecule has 1 fully saturated rings. The first kappa shape index (κ1) is 29.7. The van der Waals surface area contributed by atoms with Gasteiger partial charge in [0.25, 0.3) is 0 Å². The summed E-state index contributed by atoms with van der Waals surface area (Å²) in [5, 5.41) is 0. The molecule has 1 rings (SSSR count). The maximum atomic E-state index is 13.4. The summed E-state index contributed by atoms with van der Waals surface area (Å²) >= 11 is 0. The average molecular weight is 522 g/mol. The molecule has 15 heteroatoms. The lowest BCUT2D eigenvalue weighted by Gasteiger charge is -2.43. The Morgan fingerprint density at radius 2 is 1.29 bits per heavy atom. The van der Waals surface area contributed by atoms with Crippen molar-refractivity contribution >= 4 is 46.6 Å². The van der Waals surface area contributed by atoms with Crippen LogP contribution in [0.25, 0.3) is 0 Å². The minimum Gasteiger partial charge on any atom is -0.466 e. The highest BCUT2D eigenvalue weighted by molar-refractivity contribution is 7.90. The fraction of sp³-hybridized carbons (Fsp3) is 0.600. The Morgan fingerprint density at radius 3 is 1.74 bits per heavy atom. The number of methoxy groups -OCH3 is 2. The van der Waals surface area contributed by atoms with E-state index >= 15 is 0 Å². The maximum absolute atomic E-state index is 13.4. The SMILES string of the molecule is COC(=O)/C=C(\C(=O)OC)[S@@](=O)[C@H]1O[C@H](COC(C)=O)[C@@H](OC(C)=O)[C@H](OC(C)=O)[C@H]1OC(C)=O. The molecule has 1 aliphatic rings. The minimum absolute atomic E-state index is 0.570. The van der Waals surface area contributed by atoms with Gasteiger partial charge in [-0.2, -0.15) is 0 Å². The molecule has 6 atom stereocenters. The highest BCUT2D eigenvalue weighted by atomic mass is 32.2.